The van der Waals surface area contributed by atoms with E-state index in [1.54, 1.807) is 0 Å². The summed E-state index contributed by atoms with van der Waals surface area (Å²) in [5, 5.41) is 3.18. The Morgan fingerprint density at radius 1 is 1.30 bits per heavy atom. The average Bonchev–Trinajstić information content (AvgIpc) is 2.47. The Morgan fingerprint density at radius 2 is 2.00 bits per heavy atom. The molecule has 0 unspecified atom stereocenters. The number of nitrogens with one attached hydrogen (secondary N) is 2. The van der Waals surface area contributed by atoms with E-state index in [1.807, 2.05) is 0 Å². The van der Waals surface area contributed by atoms with E-state index in [1.165, 1.54) is 11.4 Å². The van der Waals surface area contributed by atoms with Crippen LogP contribution in [0.3, 0.4) is 0 Å². The summed E-state index contributed by atoms with van der Waals surface area (Å²) in [5.41, 5.74) is 0. The Hall–Kier alpha value is -0.700. The normalized spacial score (nSPS) is 26.4. The van der Waals surface area contributed by atoms with Crippen molar-refractivity contribution < 1.29 is 17.9 Å². The van der Waals surface area contributed by atoms with Gasteiger partial charge in [-0.3, -0.25) is 4.79 Å². The molecule has 0 amide bonds. The van der Waals surface area contributed by atoms with Crippen LogP contribution in [-0.2, 0) is 19.7 Å². The van der Waals surface area contributed by atoms with Gasteiger partial charge in [-0.15, -0.1) is 0 Å². The molecule has 0 spiro atoms. The van der Waals surface area contributed by atoms with Crippen molar-refractivity contribution in [2.24, 2.45) is 5.92 Å². The first-order valence-corrected chi connectivity index (χ1v) is 8.53. The van der Waals surface area contributed by atoms with Crippen molar-refractivity contribution in [1.29, 1.82) is 0 Å². The molecule has 0 aromatic carbocycles. The summed E-state index contributed by atoms with van der Waals surface area (Å²) in [6, 6.07) is -0.0351. The molecule has 2 rings (SSSR count). The number of piperidine rings is 2. The monoisotopic (exact) mass is 305 g/mol. The van der Waals surface area contributed by atoms with Gasteiger partial charge in [0.1, 0.15) is 0 Å². The lowest BCUT2D eigenvalue weighted by Gasteiger charge is -2.32. The van der Waals surface area contributed by atoms with Crippen LogP contribution in [-0.4, -0.2) is 58.0 Å². The SMILES string of the molecule is COC(=O)C1CCN(S(=O)(=O)N[C@@H]2CCCNC2)CC1. The van der Waals surface area contributed by atoms with Crippen molar-refractivity contribution >= 4 is 16.2 Å². The second-order valence-electron chi connectivity index (χ2n) is 5.36. The fourth-order valence-electron chi connectivity index (χ4n) is 2.74. The zero-order valence-electron chi connectivity index (χ0n) is 11.8. The molecular weight excluding hydrogens is 282 g/mol. The maximum absolute atomic E-state index is 12.3. The van der Waals surface area contributed by atoms with Crippen molar-refractivity contribution in [3.8, 4) is 0 Å². The number of ether oxygens (including phenoxy) is 1. The van der Waals surface area contributed by atoms with Crippen molar-refractivity contribution in [3.63, 3.8) is 0 Å². The van der Waals surface area contributed by atoms with Gasteiger partial charge in [-0.05, 0) is 32.2 Å². The maximum Gasteiger partial charge on any atom is 0.308 e. The molecule has 2 N–H and O–H groups in total. The van der Waals surface area contributed by atoms with E-state index in [-0.39, 0.29) is 17.9 Å². The molecule has 1 atom stereocenters. The van der Waals surface area contributed by atoms with Crippen LogP contribution in [0, 0.1) is 5.92 Å². The largest absolute Gasteiger partial charge is 0.469 e. The van der Waals surface area contributed by atoms with Crippen LogP contribution >= 0.6 is 0 Å². The average molecular weight is 305 g/mol. The predicted molar refractivity (Wildman–Crippen MR) is 74.3 cm³/mol. The first-order valence-electron chi connectivity index (χ1n) is 7.09. The molecule has 0 aromatic heterocycles. The minimum Gasteiger partial charge on any atom is -0.469 e. The molecule has 20 heavy (non-hydrogen) atoms. The van der Waals surface area contributed by atoms with Crippen LogP contribution in [0.1, 0.15) is 25.7 Å². The summed E-state index contributed by atoms with van der Waals surface area (Å²) in [6.07, 6.45) is 2.90. The summed E-state index contributed by atoms with van der Waals surface area (Å²) in [4.78, 5) is 11.4. The fourth-order valence-corrected chi connectivity index (χ4v) is 4.20. The number of hydrogen-bond acceptors (Lipinski definition) is 5. The third-order valence-electron chi connectivity index (χ3n) is 3.94. The number of esters is 1. The van der Waals surface area contributed by atoms with Crippen LogP contribution in [0.15, 0.2) is 0 Å². The van der Waals surface area contributed by atoms with Gasteiger partial charge in [-0.25, -0.2) is 0 Å². The molecule has 2 fully saturated rings. The second kappa shape index (κ2) is 6.84. The molecule has 0 saturated carbocycles. The zero-order chi connectivity index (χ0) is 14.6. The van der Waals surface area contributed by atoms with Crippen LogP contribution in [0.25, 0.3) is 0 Å². The topological polar surface area (TPSA) is 87.7 Å². The quantitative estimate of drug-likeness (QED) is 0.681. The highest BCUT2D eigenvalue weighted by Gasteiger charge is 2.32. The summed E-state index contributed by atoms with van der Waals surface area (Å²) in [6.45, 7) is 2.37. The highest BCUT2D eigenvalue weighted by Crippen LogP contribution is 2.20. The van der Waals surface area contributed by atoms with Crippen LogP contribution in [0.2, 0.25) is 0 Å². The summed E-state index contributed by atoms with van der Waals surface area (Å²) >= 11 is 0. The number of carbonyl (C=O) groups excluding carboxylic acids is 1. The van der Waals surface area contributed by atoms with E-state index in [2.05, 4.69) is 10.0 Å². The third kappa shape index (κ3) is 3.91. The fraction of sp³-hybridized carbons (Fsp3) is 0.917. The molecular formula is C12H23N3O4S. The van der Waals surface area contributed by atoms with Gasteiger partial charge in [0.15, 0.2) is 0 Å². The van der Waals surface area contributed by atoms with E-state index in [0.717, 1.165) is 19.4 Å². The molecule has 2 aliphatic rings. The molecule has 7 nitrogen and oxygen atoms in total. The van der Waals surface area contributed by atoms with Gasteiger partial charge in [0, 0.05) is 25.7 Å². The second-order valence-corrected chi connectivity index (χ2v) is 7.06. The van der Waals surface area contributed by atoms with E-state index < -0.39 is 10.2 Å². The lowest BCUT2D eigenvalue weighted by molar-refractivity contribution is -0.146. The van der Waals surface area contributed by atoms with Crippen molar-refractivity contribution in [3.05, 3.63) is 0 Å². The van der Waals surface area contributed by atoms with Gasteiger partial charge >= 0.3 is 5.97 Å². The van der Waals surface area contributed by atoms with E-state index in [4.69, 9.17) is 4.74 Å². The number of methoxy groups -OCH3 is 1. The molecule has 0 radical (unpaired) electrons. The molecule has 0 bridgehead atoms. The van der Waals surface area contributed by atoms with Crippen LogP contribution in [0.5, 0.6) is 0 Å². The van der Waals surface area contributed by atoms with Gasteiger partial charge in [0.2, 0.25) is 0 Å². The Morgan fingerprint density at radius 3 is 2.55 bits per heavy atom. The summed E-state index contributed by atoms with van der Waals surface area (Å²) in [5.74, 6) is -0.422. The predicted octanol–water partition coefficient (Wildman–Crippen LogP) is -0.542. The smallest absolute Gasteiger partial charge is 0.308 e. The van der Waals surface area contributed by atoms with E-state index in [9.17, 15) is 13.2 Å². The molecule has 2 aliphatic heterocycles. The van der Waals surface area contributed by atoms with Gasteiger partial charge in [0.25, 0.3) is 10.2 Å². The van der Waals surface area contributed by atoms with E-state index >= 15 is 0 Å². The highest BCUT2D eigenvalue weighted by molar-refractivity contribution is 7.87. The number of rotatable bonds is 4. The van der Waals surface area contributed by atoms with Gasteiger partial charge in [-0.1, -0.05) is 0 Å². The van der Waals surface area contributed by atoms with Crippen molar-refractivity contribution in [2.45, 2.75) is 31.7 Å². The van der Waals surface area contributed by atoms with Crippen LogP contribution in [0.4, 0.5) is 0 Å². The first-order chi connectivity index (χ1) is 9.53. The Bertz CT molecular complexity index is 426. The number of hydrogen-bond donors (Lipinski definition) is 2. The number of nitrogens with zero attached hydrogens (tertiary/aromatic N) is 1. The first kappa shape index (κ1) is 15.7. The third-order valence-corrected chi connectivity index (χ3v) is 5.62. The van der Waals surface area contributed by atoms with Gasteiger partial charge in [-0.2, -0.15) is 17.4 Å². The Kier molecular flexibility index (Phi) is 5.36. The highest BCUT2D eigenvalue weighted by atomic mass is 32.2. The number of carbonyl (C=O) groups is 1. The zero-order valence-corrected chi connectivity index (χ0v) is 12.6. The van der Waals surface area contributed by atoms with Crippen molar-refractivity contribution in [2.75, 3.05) is 33.3 Å². The lowest BCUT2D eigenvalue weighted by Crippen LogP contribution is -2.52. The minimum atomic E-state index is -3.45. The molecule has 0 aliphatic carbocycles. The Balaban J connectivity index is 1.86. The van der Waals surface area contributed by atoms with Crippen LogP contribution < -0.4 is 10.0 Å². The summed E-state index contributed by atoms with van der Waals surface area (Å²) in [7, 11) is -2.08. The van der Waals surface area contributed by atoms with Gasteiger partial charge < -0.3 is 10.1 Å². The van der Waals surface area contributed by atoms with E-state index in [0.29, 0.717) is 32.5 Å². The molecule has 0 aromatic rings. The van der Waals surface area contributed by atoms with Gasteiger partial charge in [0.05, 0.1) is 13.0 Å². The maximum atomic E-state index is 12.3. The van der Waals surface area contributed by atoms with Crippen molar-refractivity contribution in [1.82, 2.24) is 14.3 Å². The standard InChI is InChI=1S/C12H23N3O4S/c1-19-12(16)10-4-7-15(8-5-10)20(17,18)14-11-3-2-6-13-9-11/h10-11,13-14H,2-9H2,1H3/t11-/m1/s1. The molecule has 2 saturated heterocycles. The molecule has 2 heterocycles. The molecule has 116 valence electrons. The molecule has 8 heteroatoms. The lowest BCUT2D eigenvalue weighted by atomic mass is 9.99. The Labute approximate surface area is 120 Å². The minimum absolute atomic E-state index is 0.0351. The summed E-state index contributed by atoms with van der Waals surface area (Å²) < 4.78 is 33.4.